The molecule has 102 valence electrons. The Bertz CT molecular complexity index is 324. The molecule has 0 spiro atoms. The molecule has 0 aromatic rings. The highest BCUT2D eigenvalue weighted by Gasteiger charge is 2.13. The smallest absolute Gasteiger partial charge is 0.204 e. The van der Waals surface area contributed by atoms with Gasteiger partial charge in [-0.05, 0) is 44.9 Å². The fourth-order valence-corrected chi connectivity index (χ4v) is 1.94. The Labute approximate surface area is 112 Å². The average molecular weight is 249 g/mol. The molecule has 2 nitrogen and oxygen atoms in total. The first-order chi connectivity index (χ1) is 8.51. The van der Waals surface area contributed by atoms with Gasteiger partial charge >= 0.3 is 0 Å². The SMILES string of the molecule is CC1=CCC(/C(C)=C/C=C/C(C)C)CC1.NC=O. The third kappa shape index (κ3) is 7.88. The number of amides is 1. The molecule has 1 aliphatic rings. The first-order valence-electron chi connectivity index (χ1n) is 6.67. The van der Waals surface area contributed by atoms with Crippen LogP contribution >= 0.6 is 0 Å². The van der Waals surface area contributed by atoms with Crippen LogP contribution in [-0.2, 0) is 4.79 Å². The Morgan fingerprint density at radius 2 is 2.11 bits per heavy atom. The Morgan fingerprint density at radius 1 is 1.50 bits per heavy atom. The largest absolute Gasteiger partial charge is 0.372 e. The number of nitrogens with two attached hydrogens (primary N) is 1. The molecule has 1 rings (SSSR count). The summed E-state index contributed by atoms with van der Waals surface area (Å²) >= 11 is 0. The van der Waals surface area contributed by atoms with Crippen LogP contribution in [-0.4, -0.2) is 6.41 Å². The number of primary amides is 1. The number of carbonyl (C=O) groups is 1. The summed E-state index contributed by atoms with van der Waals surface area (Å²) in [5, 5.41) is 0. The Balaban J connectivity index is 0.000000873. The van der Waals surface area contributed by atoms with Gasteiger partial charge in [0.15, 0.2) is 0 Å². The van der Waals surface area contributed by atoms with Gasteiger partial charge in [-0.25, -0.2) is 0 Å². The van der Waals surface area contributed by atoms with E-state index in [2.05, 4.69) is 57.7 Å². The van der Waals surface area contributed by atoms with E-state index < -0.39 is 0 Å². The molecular weight excluding hydrogens is 222 g/mol. The van der Waals surface area contributed by atoms with Gasteiger partial charge < -0.3 is 5.73 Å². The van der Waals surface area contributed by atoms with Gasteiger partial charge in [0.05, 0.1) is 0 Å². The number of rotatable bonds is 3. The minimum atomic E-state index is 0.250. The van der Waals surface area contributed by atoms with Gasteiger partial charge in [-0.3, -0.25) is 4.79 Å². The maximum absolute atomic E-state index is 8.58. The van der Waals surface area contributed by atoms with Crippen molar-refractivity contribution in [2.24, 2.45) is 17.6 Å². The van der Waals surface area contributed by atoms with E-state index in [1.165, 1.54) is 24.8 Å². The van der Waals surface area contributed by atoms with Crippen molar-refractivity contribution in [3.05, 3.63) is 35.5 Å². The van der Waals surface area contributed by atoms with E-state index in [9.17, 15) is 0 Å². The van der Waals surface area contributed by atoms with Gasteiger partial charge in [0.25, 0.3) is 0 Å². The van der Waals surface area contributed by atoms with Gasteiger partial charge in [0.1, 0.15) is 0 Å². The predicted molar refractivity (Wildman–Crippen MR) is 79.1 cm³/mol. The van der Waals surface area contributed by atoms with Crippen molar-refractivity contribution in [1.82, 2.24) is 0 Å². The van der Waals surface area contributed by atoms with E-state index in [0.29, 0.717) is 5.92 Å². The zero-order chi connectivity index (χ0) is 14.0. The van der Waals surface area contributed by atoms with Crippen LogP contribution in [0.15, 0.2) is 35.5 Å². The fraction of sp³-hybridized carbons (Fsp3) is 0.562. The van der Waals surface area contributed by atoms with Crippen LogP contribution < -0.4 is 5.73 Å². The van der Waals surface area contributed by atoms with Crippen molar-refractivity contribution >= 4 is 6.41 Å². The molecule has 0 aromatic carbocycles. The highest BCUT2D eigenvalue weighted by atomic mass is 16.1. The molecule has 2 heteroatoms. The average Bonchev–Trinajstić information content (AvgIpc) is 2.30. The maximum Gasteiger partial charge on any atom is 0.204 e. The molecule has 0 saturated heterocycles. The van der Waals surface area contributed by atoms with Crippen LogP contribution in [0.2, 0.25) is 0 Å². The molecule has 1 atom stereocenters. The van der Waals surface area contributed by atoms with Crippen LogP contribution in [0.4, 0.5) is 0 Å². The predicted octanol–water partition coefficient (Wildman–Crippen LogP) is 3.99. The molecule has 0 bridgehead atoms. The first kappa shape index (κ1) is 16.7. The topological polar surface area (TPSA) is 43.1 Å². The number of allylic oxidation sites excluding steroid dienone is 6. The van der Waals surface area contributed by atoms with Crippen molar-refractivity contribution < 1.29 is 4.79 Å². The van der Waals surface area contributed by atoms with Crippen LogP contribution in [0.25, 0.3) is 0 Å². The lowest BCUT2D eigenvalue weighted by Crippen LogP contribution is -2.05. The summed E-state index contributed by atoms with van der Waals surface area (Å²) in [6.45, 7) is 8.94. The van der Waals surface area contributed by atoms with Gasteiger partial charge in [0, 0.05) is 0 Å². The van der Waals surface area contributed by atoms with Crippen molar-refractivity contribution in [2.45, 2.75) is 47.0 Å². The number of carbonyl (C=O) groups excluding carboxylic acids is 1. The van der Waals surface area contributed by atoms with E-state index >= 15 is 0 Å². The number of hydrogen-bond acceptors (Lipinski definition) is 1. The summed E-state index contributed by atoms with van der Waals surface area (Å²) in [6, 6.07) is 0. The monoisotopic (exact) mass is 249 g/mol. The molecule has 0 radical (unpaired) electrons. The second-order valence-corrected chi connectivity index (χ2v) is 5.20. The van der Waals surface area contributed by atoms with Crippen LogP contribution in [0.5, 0.6) is 0 Å². The summed E-state index contributed by atoms with van der Waals surface area (Å²) < 4.78 is 0. The zero-order valence-corrected chi connectivity index (χ0v) is 12.1. The van der Waals surface area contributed by atoms with Gasteiger partial charge in [0.2, 0.25) is 6.41 Å². The van der Waals surface area contributed by atoms with E-state index in [1.807, 2.05) is 0 Å². The first-order valence-corrected chi connectivity index (χ1v) is 6.67. The molecule has 0 aliphatic heterocycles. The van der Waals surface area contributed by atoms with E-state index in [4.69, 9.17) is 4.79 Å². The highest BCUT2D eigenvalue weighted by Crippen LogP contribution is 2.28. The van der Waals surface area contributed by atoms with E-state index in [0.717, 1.165) is 5.92 Å². The summed E-state index contributed by atoms with van der Waals surface area (Å²) in [7, 11) is 0. The lowest BCUT2D eigenvalue weighted by atomic mass is 9.85. The second-order valence-electron chi connectivity index (χ2n) is 5.20. The standard InChI is InChI=1S/C15H24.CH3NO/c1-12(2)6-5-7-14(4)15-10-8-13(3)9-11-15;2-1-3/h5-8,12,15H,9-11H2,1-4H3;1H,(H2,2,3)/b6-5+,14-7+;. The Hall–Kier alpha value is -1.31. The summed E-state index contributed by atoms with van der Waals surface area (Å²) in [4.78, 5) is 8.58. The van der Waals surface area contributed by atoms with Crippen LogP contribution in [0.3, 0.4) is 0 Å². The van der Waals surface area contributed by atoms with E-state index in [-0.39, 0.29) is 6.41 Å². The molecule has 1 aliphatic carbocycles. The molecule has 18 heavy (non-hydrogen) atoms. The van der Waals surface area contributed by atoms with Crippen molar-refractivity contribution in [3.63, 3.8) is 0 Å². The van der Waals surface area contributed by atoms with Gasteiger partial charge in [-0.15, -0.1) is 0 Å². The summed E-state index contributed by atoms with van der Waals surface area (Å²) in [6.07, 6.45) is 13.3. The molecule has 0 fully saturated rings. The minimum absolute atomic E-state index is 0.250. The molecule has 2 N–H and O–H groups in total. The highest BCUT2D eigenvalue weighted by molar-refractivity contribution is 5.42. The quantitative estimate of drug-likeness (QED) is 0.458. The van der Waals surface area contributed by atoms with E-state index in [1.54, 1.807) is 5.57 Å². The van der Waals surface area contributed by atoms with Crippen molar-refractivity contribution in [2.75, 3.05) is 0 Å². The molecular formula is C16H27NO. The Morgan fingerprint density at radius 3 is 2.56 bits per heavy atom. The third-order valence-electron chi connectivity index (χ3n) is 3.14. The lowest BCUT2D eigenvalue weighted by molar-refractivity contribution is -0.106. The van der Waals surface area contributed by atoms with Gasteiger partial charge in [-0.1, -0.05) is 49.3 Å². The third-order valence-corrected chi connectivity index (χ3v) is 3.14. The van der Waals surface area contributed by atoms with Crippen LogP contribution in [0, 0.1) is 11.8 Å². The molecule has 0 heterocycles. The molecule has 0 aromatic heterocycles. The zero-order valence-electron chi connectivity index (χ0n) is 12.1. The van der Waals surface area contributed by atoms with Gasteiger partial charge in [-0.2, -0.15) is 0 Å². The maximum atomic E-state index is 8.58. The Kier molecular flexibility index (Phi) is 8.99. The van der Waals surface area contributed by atoms with Crippen molar-refractivity contribution in [3.8, 4) is 0 Å². The summed E-state index contributed by atoms with van der Waals surface area (Å²) in [5.74, 6) is 1.44. The van der Waals surface area contributed by atoms with Crippen LogP contribution in [0.1, 0.15) is 47.0 Å². The molecule has 1 amide bonds. The summed E-state index contributed by atoms with van der Waals surface area (Å²) in [5.41, 5.74) is 7.27. The number of hydrogen-bond donors (Lipinski definition) is 1. The normalized spacial score (nSPS) is 20.4. The second kappa shape index (κ2) is 9.69. The molecule has 0 saturated carbocycles. The lowest BCUT2D eigenvalue weighted by Gasteiger charge is -2.20. The molecule has 1 unspecified atom stereocenters. The van der Waals surface area contributed by atoms with Crippen molar-refractivity contribution in [1.29, 1.82) is 0 Å². The minimum Gasteiger partial charge on any atom is -0.372 e. The fourth-order valence-electron chi connectivity index (χ4n) is 1.94.